The van der Waals surface area contributed by atoms with E-state index in [9.17, 15) is 19.2 Å². The second kappa shape index (κ2) is 13.3. The van der Waals surface area contributed by atoms with Crippen molar-refractivity contribution in [2.75, 3.05) is 13.7 Å². The molecule has 2 saturated carbocycles. The summed E-state index contributed by atoms with van der Waals surface area (Å²) in [5.41, 5.74) is 0.244. The number of aromatic nitrogens is 2. The van der Waals surface area contributed by atoms with Gasteiger partial charge in [-0.1, -0.05) is 40.9 Å². The van der Waals surface area contributed by atoms with E-state index in [-0.39, 0.29) is 54.9 Å². The number of methoxy groups -OCH3 is 1. The van der Waals surface area contributed by atoms with Gasteiger partial charge in [0.25, 0.3) is 11.6 Å². The van der Waals surface area contributed by atoms with Crippen LogP contribution in [0.25, 0.3) is 10.9 Å². The van der Waals surface area contributed by atoms with Gasteiger partial charge in [0, 0.05) is 17.4 Å². The topological polar surface area (TPSA) is 129 Å². The molecule has 5 atom stereocenters. The summed E-state index contributed by atoms with van der Waals surface area (Å²) >= 11 is 3.46. The minimum absolute atomic E-state index is 0.0609. The zero-order valence-electron chi connectivity index (χ0n) is 24.9. The molecule has 3 fully saturated rings. The molecule has 0 spiro atoms. The van der Waals surface area contributed by atoms with E-state index in [0.29, 0.717) is 10.9 Å². The predicted molar refractivity (Wildman–Crippen MR) is 165 cm³/mol. The molecule has 2 aliphatic heterocycles. The van der Waals surface area contributed by atoms with Crippen molar-refractivity contribution < 1.29 is 28.6 Å². The van der Waals surface area contributed by atoms with E-state index < -0.39 is 30.3 Å². The maximum absolute atomic E-state index is 14.2. The van der Waals surface area contributed by atoms with Crippen molar-refractivity contribution in [1.82, 2.24) is 19.8 Å². The van der Waals surface area contributed by atoms with Crippen LogP contribution in [0.1, 0.15) is 64.2 Å². The van der Waals surface area contributed by atoms with Gasteiger partial charge in [-0.15, -0.1) is 0 Å². The summed E-state index contributed by atoms with van der Waals surface area (Å²) in [4.78, 5) is 60.2. The second-order valence-electron chi connectivity index (χ2n) is 12.3. The number of alkyl carbamates (subject to hydrolysis) is 1. The highest BCUT2D eigenvalue weighted by Gasteiger charge is 2.46. The third kappa shape index (κ3) is 6.36. The summed E-state index contributed by atoms with van der Waals surface area (Å²) in [6.07, 6.45) is 10.6. The van der Waals surface area contributed by atoms with Crippen LogP contribution in [0.15, 0.2) is 39.6 Å². The number of nitrogens with zero attached hydrogens (tertiary/aromatic N) is 3. The highest BCUT2D eigenvalue weighted by Crippen LogP contribution is 2.34. The molecule has 3 heterocycles. The van der Waals surface area contributed by atoms with Crippen molar-refractivity contribution in [1.29, 1.82) is 0 Å². The van der Waals surface area contributed by atoms with Crippen molar-refractivity contribution in [2.24, 2.45) is 11.8 Å². The van der Waals surface area contributed by atoms with Gasteiger partial charge in [-0.2, -0.15) is 4.98 Å². The Bertz CT molecular complexity index is 1500. The first-order valence-corrected chi connectivity index (χ1v) is 16.5. The van der Waals surface area contributed by atoms with E-state index in [1.807, 2.05) is 12.2 Å². The molecule has 11 nitrogen and oxygen atoms in total. The van der Waals surface area contributed by atoms with Gasteiger partial charge in [-0.25, -0.2) is 9.59 Å². The van der Waals surface area contributed by atoms with Crippen LogP contribution < -0.4 is 15.6 Å². The van der Waals surface area contributed by atoms with Crippen molar-refractivity contribution in [3.63, 3.8) is 0 Å². The lowest BCUT2D eigenvalue weighted by molar-refractivity contribution is -0.152. The smallest absolute Gasteiger partial charge is 0.408 e. The number of halogens is 1. The fourth-order valence-corrected chi connectivity index (χ4v) is 7.65. The molecule has 1 saturated heterocycles. The molecule has 0 unspecified atom stereocenters. The molecule has 0 radical (unpaired) electrons. The van der Waals surface area contributed by atoms with Gasteiger partial charge in [0.2, 0.25) is 5.91 Å². The number of benzene rings is 1. The fourth-order valence-electron chi connectivity index (χ4n) is 7.31. The van der Waals surface area contributed by atoms with E-state index in [1.165, 1.54) is 16.6 Å². The zero-order chi connectivity index (χ0) is 30.8. The molecule has 2 aliphatic carbocycles. The van der Waals surface area contributed by atoms with E-state index in [2.05, 4.69) is 21.2 Å². The van der Waals surface area contributed by atoms with Crippen molar-refractivity contribution in [2.45, 2.75) is 95.0 Å². The van der Waals surface area contributed by atoms with Crippen LogP contribution in [0, 0.1) is 11.8 Å². The van der Waals surface area contributed by atoms with E-state index in [0.717, 1.165) is 62.3 Å². The molecule has 1 N–H and O–H groups in total. The van der Waals surface area contributed by atoms with Crippen LogP contribution in [-0.2, 0) is 25.6 Å². The van der Waals surface area contributed by atoms with Crippen LogP contribution in [0.4, 0.5) is 4.79 Å². The van der Waals surface area contributed by atoms with Crippen LogP contribution in [-0.4, -0.2) is 70.4 Å². The van der Waals surface area contributed by atoms with Gasteiger partial charge < -0.3 is 24.4 Å². The average Bonchev–Trinajstić information content (AvgIpc) is 3.78. The summed E-state index contributed by atoms with van der Waals surface area (Å²) in [5, 5.41) is 3.38. The maximum Gasteiger partial charge on any atom is 0.408 e. The van der Waals surface area contributed by atoms with Gasteiger partial charge in [0.05, 0.1) is 24.6 Å². The number of ether oxygens (including phenoxy) is 3. The highest BCUT2D eigenvalue weighted by molar-refractivity contribution is 9.10. The Labute approximate surface area is 264 Å². The molecule has 1 aromatic carbocycles. The van der Waals surface area contributed by atoms with E-state index in [4.69, 9.17) is 19.2 Å². The van der Waals surface area contributed by atoms with E-state index in [1.54, 1.807) is 18.2 Å². The number of allylic oxidation sites excluding steroid dienone is 2. The van der Waals surface area contributed by atoms with E-state index >= 15 is 0 Å². The standard InChI is InChI=1S/C32H39BrN4O7/c1-42-30(40)25-17-22-18-37(25)29(39)27(20-9-4-5-10-20)35-32(41)44-26-12-7-11-19(26)8-3-2-6-15-36-28(38)23-14-13-21(33)16-24(23)34-31(36)43-22/h2,6,13-14,16,19-20,22,25-27H,3-5,7-12,15,17-18H2,1H3,(H,35,41)/b6-2-/t19-,22-,25+,26-,27+/m1/s1. The first-order chi connectivity index (χ1) is 21.3. The summed E-state index contributed by atoms with van der Waals surface area (Å²) in [6.45, 7) is 0.325. The van der Waals surface area contributed by atoms with Gasteiger partial charge in [-0.05, 0) is 75.0 Å². The summed E-state index contributed by atoms with van der Waals surface area (Å²) < 4.78 is 19.6. The molecule has 1 aromatic heterocycles. The molecule has 12 heteroatoms. The number of hydrogen-bond acceptors (Lipinski definition) is 8. The Kier molecular flexibility index (Phi) is 9.25. The SMILES string of the molecule is COC(=O)[C@@H]1C[C@@H]2CN1C(=O)[C@H](C1CCCC1)NC(=O)O[C@@H]1CCC[C@H]1CC/C=C\Cn1c(nc3cc(Br)ccc3c1=O)O2. The van der Waals surface area contributed by atoms with Crippen LogP contribution in [0.5, 0.6) is 6.01 Å². The average molecular weight is 672 g/mol. The minimum atomic E-state index is -0.907. The number of carbonyl (C=O) groups excluding carboxylic acids is 3. The lowest BCUT2D eigenvalue weighted by atomic mass is 9.96. The number of fused-ring (bicyclic) bond motifs is 5. The van der Waals surface area contributed by atoms with Gasteiger partial charge in [-0.3, -0.25) is 14.2 Å². The summed E-state index contributed by atoms with van der Waals surface area (Å²) in [6, 6.07) is 3.69. The number of amides is 2. The van der Waals surface area contributed by atoms with Crippen LogP contribution in [0.2, 0.25) is 0 Å². The molecule has 4 aliphatic rings. The lowest BCUT2D eigenvalue weighted by Crippen LogP contribution is -2.55. The van der Waals surface area contributed by atoms with Crippen molar-refractivity contribution in [3.05, 3.63) is 45.2 Å². The molecule has 2 bridgehead atoms. The van der Waals surface area contributed by atoms with Gasteiger partial charge >= 0.3 is 12.1 Å². The molecular formula is C32H39BrN4O7. The monoisotopic (exact) mass is 670 g/mol. The fraction of sp³-hybridized carbons (Fsp3) is 0.594. The zero-order valence-corrected chi connectivity index (χ0v) is 26.5. The summed E-state index contributed by atoms with van der Waals surface area (Å²) in [5.74, 6) is -0.757. The number of hydrogen-bond donors (Lipinski definition) is 1. The minimum Gasteiger partial charge on any atom is -0.467 e. The molecule has 44 heavy (non-hydrogen) atoms. The number of nitrogens with one attached hydrogen (secondary N) is 1. The normalized spacial score (nSPS) is 29.1. The van der Waals surface area contributed by atoms with Gasteiger partial charge in [0.1, 0.15) is 24.3 Å². The van der Waals surface area contributed by atoms with Crippen LogP contribution >= 0.6 is 15.9 Å². The molecule has 2 amide bonds. The molecule has 236 valence electrons. The Balaban J connectivity index is 1.38. The Morgan fingerprint density at radius 2 is 1.82 bits per heavy atom. The maximum atomic E-state index is 14.2. The molecule has 2 aromatic rings. The Morgan fingerprint density at radius 3 is 2.61 bits per heavy atom. The first-order valence-electron chi connectivity index (χ1n) is 15.7. The first kappa shape index (κ1) is 30.6. The third-order valence-electron chi connectivity index (χ3n) is 9.59. The van der Waals surface area contributed by atoms with Crippen molar-refractivity contribution in [3.8, 4) is 6.01 Å². The molecule has 6 rings (SSSR count). The quantitative estimate of drug-likeness (QED) is 0.366. The summed E-state index contributed by atoms with van der Waals surface area (Å²) in [7, 11) is 1.29. The second-order valence-corrected chi connectivity index (χ2v) is 13.2. The predicted octanol–water partition coefficient (Wildman–Crippen LogP) is 4.48. The Hall–Kier alpha value is -3.41. The van der Waals surface area contributed by atoms with Crippen molar-refractivity contribution >= 4 is 44.8 Å². The third-order valence-corrected chi connectivity index (χ3v) is 10.1. The highest BCUT2D eigenvalue weighted by atomic mass is 79.9. The largest absolute Gasteiger partial charge is 0.467 e. The Morgan fingerprint density at radius 1 is 1.02 bits per heavy atom. The number of carbonyl (C=O) groups is 3. The lowest BCUT2D eigenvalue weighted by Gasteiger charge is -2.31. The van der Waals surface area contributed by atoms with Crippen LogP contribution in [0.3, 0.4) is 0 Å². The molecular weight excluding hydrogens is 632 g/mol. The number of rotatable bonds is 2. The van der Waals surface area contributed by atoms with Gasteiger partial charge in [0.15, 0.2) is 0 Å². The number of esters is 1.